The molecule has 0 bridgehead atoms. The average molecular weight is 1860 g/mol. The minimum absolute atomic E-state index is 0.00761. The Morgan fingerprint density at radius 2 is 0.737 bits per heavy atom. The van der Waals surface area contributed by atoms with Gasteiger partial charge in [-0.15, -0.1) is 11.6 Å². The molecule has 0 saturated carbocycles. The first-order valence-electron chi connectivity index (χ1n) is 31.6. The van der Waals surface area contributed by atoms with Crippen LogP contribution in [0.1, 0.15) is 144 Å². The van der Waals surface area contributed by atoms with Crippen molar-refractivity contribution in [1.29, 1.82) is 0 Å². The minimum atomic E-state index is -5.81. The van der Waals surface area contributed by atoms with Crippen molar-refractivity contribution in [2.45, 2.75) is 70.9 Å². The number of esters is 6. The summed E-state index contributed by atoms with van der Waals surface area (Å²) in [6.45, 7) is 3.97. The molecule has 24 nitrogen and oxygen atoms in total. The standard InChI is InChI=1S/C10H7ClO2.C9H6Cl2O2.C9H4ClF3O5S.C9H7ClO3.C9H5ClO3.C8H5ClO3.C7H6BrClO2.C7H7ClO2.C7H5ClO2/c1-2-6-3-4-7-8(9(6)11)5-13-10(7)12;10-3-5-1-2-6-7(8(5)11)4-13-9(6)12;10-7-5-3-17-8(14)4(5)1-2-6(7)18-19(15,16)9(11,12)13;2*10-8-5(3-11)1-2-6-7(8)4-13-9(6)12;9-7-5-3-12-8(11)4(5)1-2-6(7)10;8-5-1-2-6(11)7(9)4(5)3-10;2*8-7-5(4-9)2-1-3-6(7)10/h2-4H,1,5H2;1-2H,3-4H2;1-2H,3H2;1-2,11H,3-4H2;1-3H,4H2;1-2,10H,3H2;1-2,10-11H,3H2;1-3,9-10H,4H2;1-4,10H. The number of hydrogen-bond acceptors (Lipinski definition) is 24. The van der Waals surface area contributed by atoms with E-state index in [9.17, 15) is 65.1 Å². The van der Waals surface area contributed by atoms with Crippen LogP contribution in [0.4, 0.5) is 13.2 Å². The lowest BCUT2D eigenvalue weighted by Gasteiger charge is -2.11. The van der Waals surface area contributed by atoms with Gasteiger partial charge in [-0.3, -0.25) is 9.59 Å². The number of cyclic esters (lactones) is 6. The van der Waals surface area contributed by atoms with Crippen molar-refractivity contribution in [1.82, 2.24) is 0 Å². The van der Waals surface area contributed by atoms with Crippen LogP contribution in [-0.2, 0) is 104 Å². The second-order valence-electron chi connectivity index (χ2n) is 22.7. The lowest BCUT2D eigenvalue weighted by Crippen LogP contribution is -2.28. The number of carbonyl (C=O) groups is 8. The van der Waals surface area contributed by atoms with Gasteiger partial charge in [0.05, 0.1) is 98.4 Å². The number of phenolic OH excluding ortho intramolecular Hbond substituents is 4. The Morgan fingerprint density at radius 1 is 0.404 bits per heavy atom. The Kier molecular flexibility index (Phi) is 33.5. The highest BCUT2D eigenvalue weighted by molar-refractivity contribution is 9.10. The molecule has 0 spiro atoms. The molecule has 600 valence electrons. The molecule has 39 heteroatoms. The van der Waals surface area contributed by atoms with Crippen molar-refractivity contribution < 1.29 is 128 Å². The number of ether oxygens (including phenoxy) is 6. The van der Waals surface area contributed by atoms with Gasteiger partial charge in [-0.25, -0.2) is 28.8 Å². The minimum Gasteiger partial charge on any atom is -0.506 e. The molecule has 0 unspecified atom stereocenters. The molecule has 9 aromatic rings. The summed E-state index contributed by atoms with van der Waals surface area (Å²) in [4.78, 5) is 87.1. The molecule has 6 aliphatic heterocycles. The van der Waals surface area contributed by atoms with E-state index in [-0.39, 0.29) is 144 Å². The van der Waals surface area contributed by atoms with E-state index in [4.69, 9.17) is 170 Å². The number of alkyl halides is 4. The molecular formula is C75H52BrCl10F3O24S. The molecule has 0 fully saturated rings. The monoisotopic (exact) mass is 1850 g/mol. The third-order valence-corrected chi connectivity index (χ3v) is 21.8. The summed E-state index contributed by atoms with van der Waals surface area (Å²) < 4.78 is 91.3. The zero-order valence-electron chi connectivity index (χ0n) is 57.3. The maximum Gasteiger partial charge on any atom is 0.534 e. The fraction of sp³-hybridized carbons (Fsp3) is 0.147. The zero-order chi connectivity index (χ0) is 84.4. The Labute approximate surface area is 702 Å². The lowest BCUT2D eigenvalue weighted by atomic mass is 10.1. The average Bonchev–Trinajstić information content (AvgIpc) is 1.50. The molecule has 0 aliphatic carbocycles. The maximum atomic E-state index is 12.2. The van der Waals surface area contributed by atoms with Crippen LogP contribution in [0.15, 0.2) is 132 Å². The smallest absolute Gasteiger partial charge is 0.506 e. The topological polar surface area (TPSA) is 377 Å². The van der Waals surface area contributed by atoms with Gasteiger partial charge < -0.3 is 68.3 Å². The van der Waals surface area contributed by atoms with Gasteiger partial charge in [0.1, 0.15) is 62.6 Å². The first kappa shape index (κ1) is 92.1. The molecular weight excluding hydrogens is 1810 g/mol. The molecule has 6 aliphatic rings. The van der Waals surface area contributed by atoms with Crippen LogP contribution in [0.3, 0.4) is 0 Å². The predicted molar refractivity (Wildman–Crippen MR) is 416 cm³/mol. The summed E-state index contributed by atoms with van der Waals surface area (Å²) >= 11 is 60.8. The number of aliphatic hydroxyl groups excluding tert-OH is 3. The van der Waals surface area contributed by atoms with Crippen molar-refractivity contribution >= 4 is 197 Å². The summed E-state index contributed by atoms with van der Waals surface area (Å²) in [5, 5.41) is 64.8. The van der Waals surface area contributed by atoms with Crippen molar-refractivity contribution in [3.8, 4) is 28.7 Å². The summed E-state index contributed by atoms with van der Waals surface area (Å²) in [5.74, 6) is -2.86. The molecule has 9 aromatic carbocycles. The molecule has 0 aromatic heterocycles. The number of halogens is 14. The Hall–Kier alpha value is -9.12. The van der Waals surface area contributed by atoms with E-state index in [0.29, 0.717) is 115 Å². The van der Waals surface area contributed by atoms with Crippen LogP contribution in [-0.4, -0.2) is 98.1 Å². The fourth-order valence-electron chi connectivity index (χ4n) is 9.86. The number of aldehydes is 2. The molecule has 15 rings (SSSR count). The third kappa shape index (κ3) is 22.1. The second kappa shape index (κ2) is 41.4. The molecule has 0 radical (unpaired) electrons. The Morgan fingerprint density at radius 3 is 1.14 bits per heavy atom. The van der Waals surface area contributed by atoms with Crippen molar-refractivity contribution in [2.75, 3.05) is 0 Å². The van der Waals surface area contributed by atoms with Crippen LogP contribution in [0.2, 0.25) is 45.2 Å². The summed E-state index contributed by atoms with van der Waals surface area (Å²) in [7, 11) is -5.81. The van der Waals surface area contributed by atoms with Crippen LogP contribution >= 0.6 is 132 Å². The lowest BCUT2D eigenvalue weighted by molar-refractivity contribution is -0.0500. The molecule has 0 amide bonds. The third-order valence-electron chi connectivity index (χ3n) is 15.9. The summed E-state index contributed by atoms with van der Waals surface area (Å²) in [6, 6.07) is 30.5. The SMILES string of the molecule is C=Cc1ccc2c(c1Cl)COC2=O.O=C1OCc2c1ccc(CCl)c2Cl.O=C1OCc2c1ccc(CO)c2Cl.O=C1OCc2c1ccc(O)c2Cl.O=C1OCc2c1ccc(OS(=O)(=O)C(F)(F)F)c2Cl.O=Cc1ccc2c(c1Cl)COC2=O.O=Cc1cccc(O)c1Cl.OCc1c(Br)ccc(O)c1Cl.OCc1cccc(O)c1Cl. The molecule has 0 atom stereocenters. The summed E-state index contributed by atoms with van der Waals surface area (Å²) in [5.41, 5.74) is 4.51. The van der Waals surface area contributed by atoms with Gasteiger partial charge in [-0.05, 0) is 107 Å². The van der Waals surface area contributed by atoms with Gasteiger partial charge in [0.15, 0.2) is 18.3 Å². The van der Waals surface area contributed by atoms with E-state index in [2.05, 4.69) is 31.4 Å². The fourth-order valence-corrected chi connectivity index (χ4v) is 13.4. The van der Waals surface area contributed by atoms with E-state index in [1.807, 2.05) is 0 Å². The van der Waals surface area contributed by atoms with Crippen LogP contribution in [0.25, 0.3) is 6.08 Å². The Balaban J connectivity index is 0.000000179. The highest BCUT2D eigenvalue weighted by Gasteiger charge is 2.49. The van der Waals surface area contributed by atoms with Gasteiger partial charge >= 0.3 is 51.4 Å². The number of fused-ring (bicyclic) bond motifs is 6. The molecule has 114 heavy (non-hydrogen) atoms. The van der Waals surface area contributed by atoms with Crippen LogP contribution in [0.5, 0.6) is 28.7 Å². The number of phenols is 4. The highest BCUT2D eigenvalue weighted by Crippen LogP contribution is 2.41. The van der Waals surface area contributed by atoms with Gasteiger partial charge in [-0.2, -0.15) is 21.6 Å². The predicted octanol–water partition coefficient (Wildman–Crippen LogP) is 18.4. The molecule has 0 saturated heterocycles. The van der Waals surface area contributed by atoms with E-state index >= 15 is 0 Å². The van der Waals surface area contributed by atoms with Gasteiger partial charge in [0.2, 0.25) is 0 Å². The van der Waals surface area contributed by atoms with Crippen molar-refractivity contribution in [2.24, 2.45) is 0 Å². The van der Waals surface area contributed by atoms with Gasteiger partial charge in [0, 0.05) is 60.4 Å². The van der Waals surface area contributed by atoms with E-state index in [1.54, 1.807) is 72.8 Å². The first-order chi connectivity index (χ1) is 53.9. The maximum absolute atomic E-state index is 12.2. The number of aliphatic hydroxyl groups is 3. The van der Waals surface area contributed by atoms with Crippen LogP contribution in [0, 0.1) is 0 Å². The van der Waals surface area contributed by atoms with E-state index in [0.717, 1.165) is 34.4 Å². The number of rotatable bonds is 9. The zero-order valence-corrected chi connectivity index (χ0v) is 67.3. The van der Waals surface area contributed by atoms with Crippen LogP contribution < -0.4 is 4.18 Å². The molecule has 7 N–H and O–H groups in total. The normalized spacial score (nSPS) is 13.0. The number of carbonyl (C=O) groups excluding carboxylic acids is 8. The van der Waals surface area contributed by atoms with Crippen molar-refractivity contribution in [3.63, 3.8) is 0 Å². The Bertz CT molecular complexity index is 5230. The number of benzene rings is 9. The molecule has 6 heterocycles. The first-order valence-corrected chi connectivity index (χ1v) is 37.7. The quantitative estimate of drug-likeness (QED) is 0.0176. The van der Waals surface area contributed by atoms with Gasteiger partial charge in [0.25, 0.3) is 0 Å². The van der Waals surface area contributed by atoms with E-state index < -0.39 is 32.4 Å². The number of hydrogen-bond donors (Lipinski definition) is 7. The highest BCUT2D eigenvalue weighted by atomic mass is 79.9. The second-order valence-corrected chi connectivity index (χ2v) is 28.8. The number of aromatic hydroxyl groups is 4. The largest absolute Gasteiger partial charge is 0.534 e. The van der Waals surface area contributed by atoms with Gasteiger partial charge in [-0.1, -0.05) is 169 Å². The van der Waals surface area contributed by atoms with E-state index in [1.165, 1.54) is 42.5 Å². The van der Waals surface area contributed by atoms with Crippen molar-refractivity contribution in [3.05, 3.63) is 283 Å². The summed E-state index contributed by atoms with van der Waals surface area (Å²) in [6.07, 6.45) is 2.92.